The summed E-state index contributed by atoms with van der Waals surface area (Å²) in [6.45, 7) is 1.02. The van der Waals surface area contributed by atoms with E-state index in [1.54, 1.807) is 0 Å². The summed E-state index contributed by atoms with van der Waals surface area (Å²) in [5, 5.41) is -4.87. The summed E-state index contributed by atoms with van der Waals surface area (Å²) in [5.41, 5.74) is 0. The third-order valence-corrected chi connectivity index (χ3v) is 3.27. The molecule has 140 valence electrons. The number of esters is 2. The zero-order valence-electron chi connectivity index (χ0n) is 11.8. The van der Waals surface area contributed by atoms with Crippen molar-refractivity contribution in [3.05, 3.63) is 12.7 Å². The van der Waals surface area contributed by atoms with Crippen molar-refractivity contribution in [3.63, 3.8) is 0 Å². The van der Waals surface area contributed by atoms with E-state index in [9.17, 15) is 40.0 Å². The van der Waals surface area contributed by atoms with Crippen molar-refractivity contribution < 1.29 is 58.7 Å². The summed E-state index contributed by atoms with van der Waals surface area (Å²) in [5.74, 6) is -8.55. The van der Waals surface area contributed by atoms with Crippen LogP contribution in [0.5, 0.6) is 0 Å². The highest BCUT2D eigenvalue weighted by atomic mass is 32.2. The minimum Gasteiger partial charge on any atom is -0.464 e. The van der Waals surface area contributed by atoms with Crippen molar-refractivity contribution >= 4 is 22.1 Å². The number of methoxy groups -OCH3 is 1. The van der Waals surface area contributed by atoms with Gasteiger partial charge in [-0.15, -0.1) is 0 Å². The SMILES string of the molecule is C=CC(=O)OC(OCCC(F)(F)S(=O)(=O)O)(C(=O)OC)C(F)(F)F. The fraction of sp³-hybridized carbons (Fsp3) is 0.600. The average Bonchev–Trinajstić information content (AvgIpc) is 2.42. The molecule has 0 bridgehead atoms. The zero-order valence-corrected chi connectivity index (χ0v) is 12.6. The number of carbonyl (C=O) groups excluding carboxylic acids is 2. The highest BCUT2D eigenvalue weighted by Gasteiger charge is 2.67. The molecule has 0 radical (unpaired) electrons. The van der Waals surface area contributed by atoms with Crippen molar-refractivity contribution in [2.24, 2.45) is 0 Å². The van der Waals surface area contributed by atoms with Crippen LogP contribution >= 0.6 is 0 Å². The Morgan fingerprint density at radius 1 is 1.21 bits per heavy atom. The first-order chi connectivity index (χ1) is 10.6. The molecule has 0 saturated heterocycles. The van der Waals surface area contributed by atoms with Gasteiger partial charge in [-0.3, -0.25) is 4.55 Å². The molecule has 1 atom stereocenters. The molecule has 1 unspecified atom stereocenters. The second kappa shape index (κ2) is 7.40. The second-order valence-corrected chi connectivity index (χ2v) is 5.49. The largest absolute Gasteiger partial charge is 0.468 e. The number of hydrogen-bond donors (Lipinski definition) is 1. The molecule has 0 aliphatic carbocycles. The molecule has 1 N–H and O–H groups in total. The number of rotatable bonds is 8. The van der Waals surface area contributed by atoms with Gasteiger partial charge in [0.05, 0.1) is 20.1 Å². The number of carbonyl (C=O) groups is 2. The molecule has 0 aromatic heterocycles. The smallest absolute Gasteiger partial charge is 0.464 e. The van der Waals surface area contributed by atoms with E-state index in [4.69, 9.17) is 4.55 Å². The predicted molar refractivity (Wildman–Crippen MR) is 64.2 cm³/mol. The lowest BCUT2D eigenvalue weighted by atomic mass is 10.2. The number of ether oxygens (including phenoxy) is 3. The van der Waals surface area contributed by atoms with E-state index in [-0.39, 0.29) is 6.08 Å². The first-order valence-corrected chi connectivity index (χ1v) is 7.08. The van der Waals surface area contributed by atoms with Gasteiger partial charge in [0.25, 0.3) is 0 Å². The number of alkyl halides is 5. The molecule has 0 rings (SSSR count). The van der Waals surface area contributed by atoms with E-state index < -0.39 is 52.3 Å². The Bertz CT molecular complexity index is 599. The van der Waals surface area contributed by atoms with E-state index in [1.165, 1.54) is 0 Å². The molecule has 0 aliphatic heterocycles. The van der Waals surface area contributed by atoms with Crippen LogP contribution in [0, 0.1) is 0 Å². The van der Waals surface area contributed by atoms with Crippen molar-refractivity contribution in [3.8, 4) is 0 Å². The maximum Gasteiger partial charge on any atom is 0.468 e. The van der Waals surface area contributed by atoms with Crippen LogP contribution in [0.4, 0.5) is 22.0 Å². The molecule has 0 saturated carbocycles. The maximum atomic E-state index is 13.1. The van der Waals surface area contributed by atoms with E-state index >= 15 is 0 Å². The molecule has 0 aromatic carbocycles. The summed E-state index contributed by atoms with van der Waals surface area (Å²) >= 11 is 0. The van der Waals surface area contributed by atoms with Gasteiger partial charge in [0, 0.05) is 6.08 Å². The Labute approximate surface area is 131 Å². The standard InChI is InChI=1S/C10H11F5O8S/c1-3-6(16)23-9(7(17)21-2,10(13,14)15)22-5-4-8(11,12)24(18,19)20/h3H,1,4-5H2,2H3,(H,18,19,20). The minimum atomic E-state index is -5.94. The molecular formula is C10H11F5O8S. The van der Waals surface area contributed by atoms with Crippen LogP contribution in [0.15, 0.2) is 12.7 Å². The van der Waals surface area contributed by atoms with Crippen LogP contribution in [-0.4, -0.2) is 55.8 Å². The molecule has 0 amide bonds. The number of halogens is 5. The zero-order chi connectivity index (χ0) is 19.4. The lowest BCUT2D eigenvalue weighted by molar-refractivity contribution is -0.354. The lowest BCUT2D eigenvalue weighted by Crippen LogP contribution is -2.58. The van der Waals surface area contributed by atoms with Gasteiger partial charge in [0.1, 0.15) is 0 Å². The Balaban J connectivity index is 5.60. The Hall–Kier alpha value is -1.80. The van der Waals surface area contributed by atoms with E-state index in [2.05, 4.69) is 20.8 Å². The van der Waals surface area contributed by atoms with E-state index in [0.717, 1.165) is 0 Å². The van der Waals surface area contributed by atoms with Crippen molar-refractivity contribution in [1.82, 2.24) is 0 Å². The maximum absolute atomic E-state index is 13.1. The third kappa shape index (κ3) is 4.85. The lowest BCUT2D eigenvalue weighted by Gasteiger charge is -2.31. The van der Waals surface area contributed by atoms with Gasteiger partial charge in [0.2, 0.25) is 0 Å². The highest BCUT2D eigenvalue weighted by Crippen LogP contribution is 2.37. The fourth-order valence-electron chi connectivity index (χ4n) is 1.15. The van der Waals surface area contributed by atoms with Crippen molar-refractivity contribution in [2.45, 2.75) is 23.6 Å². The fourth-order valence-corrected chi connectivity index (χ4v) is 1.49. The average molecular weight is 386 g/mol. The van der Waals surface area contributed by atoms with Crippen molar-refractivity contribution in [1.29, 1.82) is 0 Å². The normalized spacial score (nSPS) is 15.3. The van der Waals surface area contributed by atoms with Crippen LogP contribution in [0.1, 0.15) is 6.42 Å². The van der Waals surface area contributed by atoms with E-state index in [1.807, 2.05) is 0 Å². The second-order valence-electron chi connectivity index (χ2n) is 3.94. The Kier molecular flexibility index (Phi) is 6.84. The van der Waals surface area contributed by atoms with Crippen LogP contribution in [0.25, 0.3) is 0 Å². The number of hydrogen-bond acceptors (Lipinski definition) is 7. The van der Waals surface area contributed by atoms with Gasteiger partial charge in [0.15, 0.2) is 0 Å². The van der Waals surface area contributed by atoms with Gasteiger partial charge in [-0.1, -0.05) is 6.58 Å². The molecular weight excluding hydrogens is 375 g/mol. The van der Waals surface area contributed by atoms with Gasteiger partial charge in [-0.05, 0) is 0 Å². The topological polar surface area (TPSA) is 116 Å². The monoisotopic (exact) mass is 386 g/mol. The first-order valence-electron chi connectivity index (χ1n) is 5.64. The molecule has 8 nitrogen and oxygen atoms in total. The molecule has 14 heteroatoms. The van der Waals surface area contributed by atoms with Crippen LogP contribution in [-0.2, 0) is 33.9 Å². The van der Waals surface area contributed by atoms with Gasteiger partial charge >= 0.3 is 39.3 Å². The van der Waals surface area contributed by atoms with Crippen LogP contribution < -0.4 is 0 Å². The molecule has 0 fully saturated rings. The Morgan fingerprint density at radius 2 is 1.71 bits per heavy atom. The summed E-state index contributed by atoms with van der Waals surface area (Å²) in [4.78, 5) is 22.4. The van der Waals surface area contributed by atoms with Crippen LogP contribution in [0.2, 0.25) is 0 Å². The molecule has 0 spiro atoms. The predicted octanol–water partition coefficient (Wildman–Crippen LogP) is 1.03. The summed E-state index contributed by atoms with van der Waals surface area (Å²) in [6, 6.07) is 0. The molecule has 24 heavy (non-hydrogen) atoms. The summed E-state index contributed by atoms with van der Waals surface area (Å²) < 4.78 is 106. The molecule has 0 aliphatic rings. The van der Waals surface area contributed by atoms with E-state index in [0.29, 0.717) is 7.11 Å². The Morgan fingerprint density at radius 3 is 2.04 bits per heavy atom. The highest BCUT2D eigenvalue weighted by molar-refractivity contribution is 7.86. The molecule has 0 aromatic rings. The molecule has 0 heterocycles. The summed E-state index contributed by atoms with van der Waals surface area (Å²) in [6.07, 6.45) is -7.53. The third-order valence-electron chi connectivity index (χ3n) is 2.31. The van der Waals surface area contributed by atoms with Gasteiger partial charge in [-0.2, -0.15) is 30.4 Å². The van der Waals surface area contributed by atoms with Gasteiger partial charge < -0.3 is 14.2 Å². The van der Waals surface area contributed by atoms with Crippen molar-refractivity contribution in [2.75, 3.05) is 13.7 Å². The first kappa shape index (κ1) is 22.2. The summed E-state index contributed by atoms with van der Waals surface area (Å²) in [7, 11) is -5.48. The minimum absolute atomic E-state index is 0.222. The quantitative estimate of drug-likeness (QED) is 0.216. The van der Waals surface area contributed by atoms with Gasteiger partial charge in [-0.25, -0.2) is 9.59 Å². The van der Waals surface area contributed by atoms with Crippen LogP contribution in [0.3, 0.4) is 0 Å².